The second kappa shape index (κ2) is 7.36. The molecular weight excluding hydrogens is 307 g/mol. The molecule has 1 atom stereocenters. The molecule has 1 N–H and O–H groups in total. The normalized spacial score (nSPS) is 19.1. The first-order valence-corrected chi connectivity index (χ1v) is 7.69. The van der Waals surface area contributed by atoms with Crippen LogP contribution in [-0.2, 0) is 0 Å². The number of aliphatic hydroxyl groups excluding tert-OH is 1. The number of halogens is 3. The Labute approximate surface area is 134 Å². The fourth-order valence-corrected chi connectivity index (χ4v) is 2.99. The molecule has 23 heavy (non-hydrogen) atoms. The lowest BCUT2D eigenvalue weighted by Gasteiger charge is -2.23. The molecule has 0 saturated carbocycles. The molecule has 0 unspecified atom stereocenters. The van der Waals surface area contributed by atoms with Crippen molar-refractivity contribution in [3.63, 3.8) is 0 Å². The molecule has 1 aliphatic rings. The molecule has 128 valence electrons. The first-order chi connectivity index (χ1) is 10.8. The molecule has 0 aliphatic carbocycles. The molecule has 1 fully saturated rings. The zero-order valence-electron chi connectivity index (χ0n) is 13.2. The molecule has 0 bridgehead atoms. The third kappa shape index (κ3) is 4.97. The summed E-state index contributed by atoms with van der Waals surface area (Å²) in [5.74, 6) is -0.228. The monoisotopic (exact) mass is 329 g/mol. The third-order valence-electron chi connectivity index (χ3n) is 4.23. The minimum Gasteiger partial charge on any atom is -0.406 e. The Morgan fingerprint density at radius 2 is 2.17 bits per heavy atom. The largest absolute Gasteiger partial charge is 0.573 e. The quantitative estimate of drug-likeness (QED) is 0.863. The average molecular weight is 329 g/mol. The van der Waals surface area contributed by atoms with E-state index in [-0.39, 0.29) is 18.4 Å². The summed E-state index contributed by atoms with van der Waals surface area (Å²) in [6.45, 7) is 7.67. The van der Waals surface area contributed by atoms with Gasteiger partial charge in [-0.3, -0.25) is 4.90 Å². The molecule has 3 nitrogen and oxygen atoms in total. The zero-order valence-corrected chi connectivity index (χ0v) is 13.2. The van der Waals surface area contributed by atoms with E-state index in [0.717, 1.165) is 37.1 Å². The Hall–Kier alpha value is -1.53. The van der Waals surface area contributed by atoms with Gasteiger partial charge in [0.1, 0.15) is 5.75 Å². The van der Waals surface area contributed by atoms with E-state index in [1.165, 1.54) is 12.1 Å². The van der Waals surface area contributed by atoms with Gasteiger partial charge in [0.2, 0.25) is 0 Å². The van der Waals surface area contributed by atoms with Crippen LogP contribution in [0.5, 0.6) is 5.75 Å². The smallest absolute Gasteiger partial charge is 0.406 e. The number of ether oxygens (including phenoxy) is 1. The summed E-state index contributed by atoms with van der Waals surface area (Å²) in [7, 11) is 0. The maximum Gasteiger partial charge on any atom is 0.573 e. The predicted molar refractivity (Wildman–Crippen MR) is 83.2 cm³/mol. The van der Waals surface area contributed by atoms with Crippen molar-refractivity contribution in [2.75, 3.05) is 19.7 Å². The van der Waals surface area contributed by atoms with E-state index in [2.05, 4.69) is 16.2 Å². The van der Waals surface area contributed by atoms with Crippen LogP contribution in [0.4, 0.5) is 13.2 Å². The number of aryl methyl sites for hydroxylation is 1. The van der Waals surface area contributed by atoms with Gasteiger partial charge in [0.15, 0.2) is 0 Å². The maximum absolute atomic E-state index is 12.3. The summed E-state index contributed by atoms with van der Waals surface area (Å²) < 4.78 is 41.0. The Morgan fingerprint density at radius 1 is 1.43 bits per heavy atom. The molecule has 0 amide bonds. The lowest BCUT2D eigenvalue weighted by atomic mass is 9.99. The van der Waals surface area contributed by atoms with E-state index in [4.69, 9.17) is 0 Å². The zero-order chi connectivity index (χ0) is 17.0. The Balaban J connectivity index is 2.02. The molecule has 6 heteroatoms. The second-order valence-corrected chi connectivity index (χ2v) is 5.89. The van der Waals surface area contributed by atoms with Crippen LogP contribution in [0.3, 0.4) is 0 Å². The highest BCUT2D eigenvalue weighted by Gasteiger charge is 2.31. The number of likely N-dealkylation sites (tertiary alicyclic amines) is 1. The van der Waals surface area contributed by atoms with Gasteiger partial charge in [-0.25, -0.2) is 0 Å². The molecule has 0 spiro atoms. The number of nitrogens with zero attached hydrogens (tertiary/aromatic N) is 1. The first-order valence-electron chi connectivity index (χ1n) is 7.69. The molecule has 0 radical (unpaired) electrons. The summed E-state index contributed by atoms with van der Waals surface area (Å²) in [5, 5.41) is 9.32. The fourth-order valence-electron chi connectivity index (χ4n) is 2.99. The van der Waals surface area contributed by atoms with E-state index < -0.39 is 6.36 Å². The van der Waals surface area contributed by atoms with Crippen LogP contribution in [0.15, 0.2) is 24.8 Å². The van der Waals surface area contributed by atoms with E-state index in [9.17, 15) is 18.3 Å². The fraction of sp³-hybridized carbons (Fsp3) is 0.529. The van der Waals surface area contributed by atoms with Crippen LogP contribution in [0.25, 0.3) is 5.57 Å². The van der Waals surface area contributed by atoms with E-state index in [1.54, 1.807) is 6.07 Å². The lowest BCUT2D eigenvalue weighted by Crippen LogP contribution is -2.33. The second-order valence-electron chi connectivity index (χ2n) is 5.89. The van der Waals surface area contributed by atoms with Crippen LogP contribution >= 0.6 is 0 Å². The summed E-state index contributed by atoms with van der Waals surface area (Å²) in [4.78, 5) is 2.20. The highest BCUT2D eigenvalue weighted by Crippen LogP contribution is 2.29. The van der Waals surface area contributed by atoms with Gasteiger partial charge in [-0.1, -0.05) is 12.6 Å². The van der Waals surface area contributed by atoms with E-state index in [1.807, 2.05) is 6.92 Å². The third-order valence-corrected chi connectivity index (χ3v) is 4.23. The van der Waals surface area contributed by atoms with E-state index >= 15 is 0 Å². The van der Waals surface area contributed by atoms with Crippen LogP contribution in [0, 0.1) is 6.92 Å². The highest BCUT2D eigenvalue weighted by atomic mass is 19.4. The van der Waals surface area contributed by atoms with Gasteiger partial charge < -0.3 is 9.84 Å². The van der Waals surface area contributed by atoms with Crippen LogP contribution in [-0.4, -0.2) is 42.1 Å². The van der Waals surface area contributed by atoms with Crippen molar-refractivity contribution in [1.82, 2.24) is 4.90 Å². The van der Waals surface area contributed by atoms with Gasteiger partial charge >= 0.3 is 6.36 Å². The summed E-state index contributed by atoms with van der Waals surface area (Å²) >= 11 is 0. The summed E-state index contributed by atoms with van der Waals surface area (Å²) in [6.07, 6.45) is -2.01. The maximum atomic E-state index is 12.3. The van der Waals surface area contributed by atoms with Crippen molar-refractivity contribution in [3.05, 3.63) is 35.9 Å². The van der Waals surface area contributed by atoms with Gasteiger partial charge in [0.25, 0.3) is 0 Å². The van der Waals surface area contributed by atoms with Crippen molar-refractivity contribution < 1.29 is 23.0 Å². The summed E-state index contributed by atoms with van der Waals surface area (Å²) in [5.41, 5.74) is 2.33. The Kier molecular flexibility index (Phi) is 5.70. The molecule has 1 aliphatic heterocycles. The minimum absolute atomic E-state index is 0.139. The number of benzene rings is 1. The van der Waals surface area contributed by atoms with Gasteiger partial charge in [-0.2, -0.15) is 0 Å². The molecule has 0 aromatic heterocycles. The van der Waals surface area contributed by atoms with Crippen molar-refractivity contribution >= 4 is 5.57 Å². The van der Waals surface area contributed by atoms with Crippen LogP contribution in [0.2, 0.25) is 0 Å². The van der Waals surface area contributed by atoms with Crippen LogP contribution < -0.4 is 4.74 Å². The number of rotatable bonds is 6. The number of alkyl halides is 3. The molecule has 1 heterocycles. The number of hydrogen-bond acceptors (Lipinski definition) is 3. The molecule has 1 aromatic carbocycles. The highest BCUT2D eigenvalue weighted by molar-refractivity contribution is 5.67. The molecule has 1 saturated heterocycles. The SMILES string of the molecule is C=C(CCN1CCC[C@H]1CO)c1cc(OC(F)(F)F)ccc1C. The Bertz CT molecular complexity index is 557. The molecular formula is C17H22F3NO2. The van der Waals surface area contributed by atoms with Crippen molar-refractivity contribution in [2.24, 2.45) is 0 Å². The van der Waals surface area contributed by atoms with Gasteiger partial charge in [-0.05, 0) is 61.6 Å². The molecule has 1 aromatic rings. The van der Waals surface area contributed by atoms with Crippen LogP contribution in [0.1, 0.15) is 30.4 Å². The Morgan fingerprint density at radius 3 is 2.83 bits per heavy atom. The van der Waals surface area contributed by atoms with Crippen molar-refractivity contribution in [3.8, 4) is 5.75 Å². The topological polar surface area (TPSA) is 32.7 Å². The molecule has 2 rings (SSSR count). The van der Waals surface area contributed by atoms with Gasteiger partial charge in [0, 0.05) is 12.6 Å². The number of aliphatic hydroxyl groups is 1. The predicted octanol–water partition coefficient (Wildman–Crippen LogP) is 3.75. The minimum atomic E-state index is -4.70. The number of hydrogen-bond donors (Lipinski definition) is 1. The van der Waals surface area contributed by atoms with Gasteiger partial charge in [-0.15, -0.1) is 13.2 Å². The van der Waals surface area contributed by atoms with Crippen molar-refractivity contribution in [2.45, 2.75) is 38.6 Å². The van der Waals surface area contributed by atoms with E-state index in [0.29, 0.717) is 12.0 Å². The average Bonchev–Trinajstić information content (AvgIpc) is 2.92. The van der Waals surface area contributed by atoms with Gasteiger partial charge in [0.05, 0.1) is 6.61 Å². The standard InChI is InChI=1S/C17H22F3NO2/c1-12-5-6-15(23-17(18,19)20)10-16(12)13(2)7-9-21-8-3-4-14(21)11-22/h5-6,10,14,22H,2-4,7-9,11H2,1H3/t14-/m0/s1. The summed E-state index contributed by atoms with van der Waals surface area (Å²) in [6, 6.07) is 4.48. The lowest BCUT2D eigenvalue weighted by molar-refractivity contribution is -0.274. The first kappa shape index (κ1) is 17.8. The van der Waals surface area contributed by atoms with Crippen molar-refractivity contribution in [1.29, 1.82) is 0 Å².